The van der Waals surface area contributed by atoms with Gasteiger partial charge in [0.05, 0.1) is 18.7 Å². The fourth-order valence-corrected chi connectivity index (χ4v) is 8.67. The van der Waals surface area contributed by atoms with Crippen LogP contribution in [0.25, 0.3) is 21.6 Å². The summed E-state index contributed by atoms with van der Waals surface area (Å²) < 4.78 is 79.6. The van der Waals surface area contributed by atoms with E-state index in [1.54, 1.807) is 16.5 Å². The number of nitrogens with zero attached hydrogens (tertiary/aromatic N) is 3. The van der Waals surface area contributed by atoms with Gasteiger partial charge in [0.15, 0.2) is 5.69 Å². The van der Waals surface area contributed by atoms with Gasteiger partial charge in [-0.25, -0.2) is 22.4 Å². The highest BCUT2D eigenvalue weighted by Crippen LogP contribution is 2.58. The van der Waals surface area contributed by atoms with E-state index in [4.69, 9.17) is 9.47 Å². The summed E-state index contributed by atoms with van der Waals surface area (Å²) >= 11 is 1.29. The van der Waals surface area contributed by atoms with Gasteiger partial charge >= 0.3 is 6.16 Å². The predicted molar refractivity (Wildman–Crippen MR) is 166 cm³/mol. The van der Waals surface area contributed by atoms with Crippen molar-refractivity contribution in [2.45, 2.75) is 50.0 Å². The number of aromatic nitrogens is 1. The van der Waals surface area contributed by atoms with E-state index >= 15 is 17.6 Å². The molecule has 2 aromatic carbocycles. The first-order valence-corrected chi connectivity index (χ1v) is 16.1. The van der Waals surface area contributed by atoms with Crippen LogP contribution >= 0.6 is 11.3 Å². The van der Waals surface area contributed by atoms with Crippen LogP contribution in [0.5, 0.6) is 5.75 Å². The Morgan fingerprint density at radius 2 is 1.85 bits per heavy atom. The molecule has 0 bridgehead atoms. The Bertz CT molecular complexity index is 2100. The maximum atomic E-state index is 16.0. The summed E-state index contributed by atoms with van der Waals surface area (Å²) in [4.78, 5) is 41.2. The lowest BCUT2D eigenvalue weighted by Crippen LogP contribution is -2.66. The van der Waals surface area contributed by atoms with Crippen LogP contribution in [0.1, 0.15) is 58.5 Å². The molecule has 4 aliphatic rings. The second-order valence-corrected chi connectivity index (χ2v) is 13.4. The first-order chi connectivity index (χ1) is 22.9. The van der Waals surface area contributed by atoms with Gasteiger partial charge in [0.25, 0.3) is 11.8 Å². The monoisotopic (exact) mass is 681 g/mol. The van der Waals surface area contributed by atoms with Gasteiger partial charge in [-0.1, -0.05) is 30.3 Å². The van der Waals surface area contributed by atoms with Crippen LogP contribution in [0, 0.1) is 5.82 Å². The summed E-state index contributed by atoms with van der Waals surface area (Å²) in [6.45, 7) is 0.658. The highest BCUT2D eigenvalue weighted by atomic mass is 32.1. The first-order valence-electron chi connectivity index (χ1n) is 15.2. The average molecular weight is 682 g/mol. The quantitative estimate of drug-likeness (QED) is 0.138. The molecule has 1 unspecified atom stereocenters. The van der Waals surface area contributed by atoms with Crippen LogP contribution in [-0.2, 0) is 21.8 Å². The fourth-order valence-electron chi connectivity index (χ4n) is 7.54. The van der Waals surface area contributed by atoms with Crippen molar-refractivity contribution in [3.8, 4) is 27.3 Å². The fraction of sp³-hybridized carbons (Fsp3) is 0.324. The Kier molecular flexibility index (Phi) is 6.72. The lowest BCUT2D eigenvalue weighted by atomic mass is 9.80. The van der Waals surface area contributed by atoms with E-state index in [1.165, 1.54) is 40.1 Å². The number of ether oxygens (including phenoxy) is 3. The van der Waals surface area contributed by atoms with E-state index in [1.807, 2.05) is 18.2 Å². The molecule has 1 amide bonds. The molecule has 0 spiro atoms. The molecule has 2 aliphatic carbocycles. The van der Waals surface area contributed by atoms with Crippen molar-refractivity contribution < 1.29 is 41.4 Å². The minimum atomic E-state index is -3.52. The van der Waals surface area contributed by atoms with Gasteiger partial charge in [-0.15, -0.1) is 11.3 Å². The number of amides is 1. The SMILES string of the molecule is COC(=O)OCOc1c2n(ccc1=O)N([C@@H]1c3ccccc3-c3scc4c3-c3c1ccc(F)c3C(F)(F)C4)[C@@H]1CC(C)(F)CCN1C2=O. The molecule has 2 aliphatic heterocycles. The van der Waals surface area contributed by atoms with Crippen molar-refractivity contribution in [1.29, 1.82) is 0 Å². The summed E-state index contributed by atoms with van der Waals surface area (Å²) in [5.41, 5.74) is -0.668. The van der Waals surface area contributed by atoms with Gasteiger partial charge in [-0.2, -0.15) is 0 Å². The number of halogens is 4. The lowest BCUT2D eigenvalue weighted by Gasteiger charge is -2.54. The van der Waals surface area contributed by atoms with Crippen molar-refractivity contribution in [1.82, 2.24) is 9.58 Å². The summed E-state index contributed by atoms with van der Waals surface area (Å²) in [6.07, 6.45) is -1.50. The average Bonchev–Trinajstić information content (AvgIpc) is 3.41. The number of methoxy groups -OCH3 is 1. The third kappa shape index (κ3) is 4.37. The number of fused-ring (bicyclic) bond motifs is 4. The van der Waals surface area contributed by atoms with Gasteiger partial charge in [-0.05, 0) is 47.0 Å². The van der Waals surface area contributed by atoms with Crippen molar-refractivity contribution >= 4 is 23.4 Å². The van der Waals surface area contributed by atoms with E-state index in [9.17, 15) is 14.4 Å². The molecule has 14 heteroatoms. The number of piperidine rings is 1. The normalized spacial score (nSPS) is 22.9. The van der Waals surface area contributed by atoms with E-state index < -0.39 is 71.6 Å². The number of pyridine rings is 1. The Morgan fingerprint density at radius 3 is 2.65 bits per heavy atom. The number of hydrogen-bond donors (Lipinski definition) is 0. The minimum absolute atomic E-state index is 0.00184. The lowest BCUT2D eigenvalue weighted by molar-refractivity contribution is -0.00827. The molecule has 3 atom stereocenters. The largest absolute Gasteiger partial charge is 0.510 e. The number of carbonyl (C=O) groups excluding carboxylic acids is 2. The molecule has 0 saturated carbocycles. The van der Waals surface area contributed by atoms with E-state index in [2.05, 4.69) is 4.74 Å². The molecule has 1 saturated heterocycles. The molecule has 2 aromatic heterocycles. The smallest absolute Gasteiger partial charge is 0.451 e. The molecule has 8 rings (SSSR count). The molecule has 248 valence electrons. The van der Waals surface area contributed by atoms with E-state index in [0.29, 0.717) is 32.7 Å². The van der Waals surface area contributed by atoms with Crippen LogP contribution < -0.4 is 15.2 Å². The van der Waals surface area contributed by atoms with Crippen LogP contribution in [-0.4, -0.2) is 53.9 Å². The molecular formula is C34H27F4N3O6S. The third-order valence-electron chi connectivity index (χ3n) is 9.58. The van der Waals surface area contributed by atoms with E-state index in [-0.39, 0.29) is 30.6 Å². The highest BCUT2D eigenvalue weighted by Gasteiger charge is 2.52. The van der Waals surface area contributed by atoms with Crippen molar-refractivity contribution in [3.63, 3.8) is 0 Å². The van der Waals surface area contributed by atoms with Crippen LogP contribution in [0.2, 0.25) is 0 Å². The number of benzene rings is 2. The zero-order valence-corrected chi connectivity index (χ0v) is 26.4. The molecule has 4 aromatic rings. The molecule has 0 N–H and O–H groups in total. The molecular weight excluding hydrogens is 654 g/mol. The first kappa shape index (κ1) is 30.5. The highest BCUT2D eigenvalue weighted by molar-refractivity contribution is 7.14. The maximum Gasteiger partial charge on any atom is 0.510 e. The van der Waals surface area contributed by atoms with Crippen molar-refractivity contribution in [3.05, 3.63) is 98.0 Å². The van der Waals surface area contributed by atoms with E-state index in [0.717, 1.165) is 19.2 Å². The van der Waals surface area contributed by atoms with Crippen LogP contribution in [0.4, 0.5) is 22.4 Å². The topological polar surface area (TPSA) is 90.3 Å². The zero-order chi connectivity index (χ0) is 33.7. The number of carbonyl (C=O) groups is 2. The number of thiophene rings is 1. The van der Waals surface area contributed by atoms with Crippen LogP contribution in [0.3, 0.4) is 0 Å². The second-order valence-electron chi connectivity index (χ2n) is 12.5. The van der Waals surface area contributed by atoms with Crippen LogP contribution in [0.15, 0.2) is 58.8 Å². The zero-order valence-electron chi connectivity index (χ0n) is 25.6. The van der Waals surface area contributed by atoms with Crippen molar-refractivity contribution in [2.75, 3.05) is 25.5 Å². The number of alkyl halides is 3. The Balaban J connectivity index is 1.42. The van der Waals surface area contributed by atoms with Crippen molar-refractivity contribution in [2.24, 2.45) is 0 Å². The molecule has 0 radical (unpaired) electrons. The minimum Gasteiger partial charge on any atom is -0.451 e. The molecule has 1 fully saturated rings. The Morgan fingerprint density at radius 1 is 1.06 bits per heavy atom. The van der Waals surface area contributed by atoms with Gasteiger partial charge in [0.2, 0.25) is 18.0 Å². The summed E-state index contributed by atoms with van der Waals surface area (Å²) in [5, 5.41) is 3.38. The molecule has 48 heavy (non-hydrogen) atoms. The molecule has 9 nitrogen and oxygen atoms in total. The number of rotatable bonds is 4. The summed E-state index contributed by atoms with van der Waals surface area (Å²) in [6, 6.07) is 9.97. The summed E-state index contributed by atoms with van der Waals surface area (Å²) in [5.74, 6) is -5.62. The Labute approximate surface area is 274 Å². The standard InChI is InChI=1S/C34H27F4N3O6S/c1-33(36)10-12-39-23(14-33)41(40-11-9-22(42)29(28(40)31(39)43)46-16-47-32(44)45-2)27-18-5-3-4-6-19(18)30-24-17(15-48-30)13-34(37,38)26-21(35)8-7-20(27)25(24)26/h3-9,11,15,23,27H,10,12-14,16H2,1-2H3/t23-,27-,33?/m1/s1. The second kappa shape index (κ2) is 10.6. The maximum absolute atomic E-state index is 16.0. The van der Waals surface area contributed by atoms with Gasteiger partial charge < -0.3 is 19.1 Å². The Hall–Kier alpha value is -4.85. The third-order valence-corrected chi connectivity index (χ3v) is 10.6. The number of hydrogen-bond acceptors (Lipinski definition) is 8. The van der Waals surface area contributed by atoms with Gasteiger partial charge in [-0.3, -0.25) is 19.3 Å². The van der Waals surface area contributed by atoms with Gasteiger partial charge in [0, 0.05) is 47.7 Å². The summed E-state index contributed by atoms with van der Waals surface area (Å²) in [7, 11) is 1.09. The van der Waals surface area contributed by atoms with Gasteiger partial charge in [0.1, 0.15) is 17.7 Å². The molecule has 4 heterocycles. The predicted octanol–water partition coefficient (Wildman–Crippen LogP) is 6.50.